The number of hydrogen-bond donors (Lipinski definition) is 2. The predicted molar refractivity (Wildman–Crippen MR) is 76.0 cm³/mol. The lowest BCUT2D eigenvalue weighted by molar-refractivity contribution is 0.555. The molecule has 0 spiro atoms. The van der Waals surface area contributed by atoms with E-state index in [1.54, 1.807) is 7.05 Å². The van der Waals surface area contributed by atoms with Crippen LogP contribution in [-0.2, 0) is 6.54 Å². The van der Waals surface area contributed by atoms with Crippen LogP contribution in [0, 0.1) is 13.8 Å². The molecule has 1 rings (SSSR count). The van der Waals surface area contributed by atoms with E-state index in [0.717, 1.165) is 44.1 Å². The molecule has 0 aliphatic rings. The monoisotopic (exact) mass is 251 g/mol. The number of rotatable bonds is 6. The summed E-state index contributed by atoms with van der Waals surface area (Å²) in [5.74, 6) is 0.880. The van der Waals surface area contributed by atoms with Gasteiger partial charge >= 0.3 is 0 Å². The summed E-state index contributed by atoms with van der Waals surface area (Å²) in [5.41, 5.74) is 2.31. The fourth-order valence-corrected chi connectivity index (χ4v) is 1.80. The molecule has 18 heavy (non-hydrogen) atoms. The molecule has 1 heterocycles. The Morgan fingerprint density at radius 1 is 1.33 bits per heavy atom. The van der Waals surface area contributed by atoms with Crippen LogP contribution in [0.25, 0.3) is 0 Å². The van der Waals surface area contributed by atoms with Gasteiger partial charge in [0.2, 0.25) is 0 Å². The first kappa shape index (κ1) is 14.5. The van der Waals surface area contributed by atoms with E-state index in [0.29, 0.717) is 0 Å². The number of guanidine groups is 1. The minimum absolute atomic E-state index is 0.880. The van der Waals surface area contributed by atoms with E-state index in [4.69, 9.17) is 0 Å². The van der Waals surface area contributed by atoms with E-state index in [1.807, 2.05) is 6.92 Å². The maximum absolute atomic E-state index is 4.44. The first-order valence-electron chi connectivity index (χ1n) is 6.63. The predicted octanol–water partition coefficient (Wildman–Crippen LogP) is 1.47. The molecule has 5 nitrogen and oxygen atoms in total. The van der Waals surface area contributed by atoms with Crippen molar-refractivity contribution in [2.24, 2.45) is 4.99 Å². The highest BCUT2D eigenvalue weighted by atomic mass is 15.3. The zero-order valence-corrected chi connectivity index (χ0v) is 12.0. The summed E-state index contributed by atoms with van der Waals surface area (Å²) in [7, 11) is 1.80. The van der Waals surface area contributed by atoms with Gasteiger partial charge in [-0.15, -0.1) is 0 Å². The van der Waals surface area contributed by atoms with Gasteiger partial charge in [-0.1, -0.05) is 6.92 Å². The van der Waals surface area contributed by atoms with E-state index in [9.17, 15) is 0 Å². The van der Waals surface area contributed by atoms with E-state index in [-0.39, 0.29) is 0 Å². The third-order valence-corrected chi connectivity index (χ3v) is 2.71. The Labute approximate surface area is 110 Å². The highest BCUT2D eigenvalue weighted by Crippen LogP contribution is 2.02. The Kier molecular flexibility index (Phi) is 6.25. The lowest BCUT2D eigenvalue weighted by Crippen LogP contribution is -2.38. The van der Waals surface area contributed by atoms with Crippen molar-refractivity contribution in [3.8, 4) is 0 Å². The highest BCUT2D eigenvalue weighted by molar-refractivity contribution is 5.79. The SMILES string of the molecule is CCCNC(=NC)NCCCn1nc(C)cc1C. The van der Waals surface area contributed by atoms with Crippen LogP contribution in [-0.4, -0.2) is 35.9 Å². The summed E-state index contributed by atoms with van der Waals surface area (Å²) in [6, 6.07) is 2.11. The van der Waals surface area contributed by atoms with Crippen LogP contribution in [0.3, 0.4) is 0 Å². The summed E-state index contributed by atoms with van der Waals surface area (Å²) < 4.78 is 2.05. The van der Waals surface area contributed by atoms with Crippen LogP contribution in [0.5, 0.6) is 0 Å². The molecule has 0 atom stereocenters. The summed E-state index contributed by atoms with van der Waals surface area (Å²) in [5, 5.41) is 11.0. The van der Waals surface area contributed by atoms with Gasteiger partial charge in [-0.05, 0) is 32.8 Å². The lowest BCUT2D eigenvalue weighted by Gasteiger charge is -2.11. The highest BCUT2D eigenvalue weighted by Gasteiger charge is 2.00. The molecule has 0 saturated heterocycles. The molecule has 1 aromatic rings. The minimum Gasteiger partial charge on any atom is -0.356 e. The normalized spacial score (nSPS) is 11.7. The Morgan fingerprint density at radius 3 is 2.61 bits per heavy atom. The molecular weight excluding hydrogens is 226 g/mol. The van der Waals surface area contributed by atoms with Crippen molar-refractivity contribution in [3.63, 3.8) is 0 Å². The van der Waals surface area contributed by atoms with E-state index in [2.05, 4.69) is 45.3 Å². The molecule has 0 saturated carbocycles. The van der Waals surface area contributed by atoms with Gasteiger partial charge in [-0.2, -0.15) is 5.10 Å². The Hall–Kier alpha value is -1.52. The molecule has 0 aromatic carbocycles. The quantitative estimate of drug-likeness (QED) is 0.457. The molecule has 0 bridgehead atoms. The van der Waals surface area contributed by atoms with E-state index >= 15 is 0 Å². The molecule has 102 valence electrons. The third-order valence-electron chi connectivity index (χ3n) is 2.71. The van der Waals surface area contributed by atoms with Gasteiger partial charge in [0.25, 0.3) is 0 Å². The van der Waals surface area contributed by atoms with Crippen molar-refractivity contribution in [2.75, 3.05) is 20.1 Å². The third kappa shape index (κ3) is 4.77. The molecule has 0 radical (unpaired) electrons. The van der Waals surface area contributed by atoms with Crippen LogP contribution < -0.4 is 10.6 Å². The number of aliphatic imine (C=N–C) groups is 1. The maximum atomic E-state index is 4.44. The second-order valence-corrected chi connectivity index (χ2v) is 4.43. The van der Waals surface area contributed by atoms with Crippen molar-refractivity contribution >= 4 is 5.96 Å². The standard InChI is InChI=1S/C13H25N5/c1-5-7-15-13(14-4)16-8-6-9-18-12(3)10-11(2)17-18/h10H,5-9H2,1-4H3,(H2,14,15,16). The van der Waals surface area contributed by atoms with Gasteiger partial charge in [0.1, 0.15) is 0 Å². The van der Waals surface area contributed by atoms with E-state index < -0.39 is 0 Å². The topological polar surface area (TPSA) is 54.2 Å². The first-order chi connectivity index (χ1) is 8.67. The summed E-state index contributed by atoms with van der Waals surface area (Å²) >= 11 is 0. The minimum atomic E-state index is 0.880. The van der Waals surface area contributed by atoms with Gasteiger partial charge < -0.3 is 10.6 Å². The van der Waals surface area contributed by atoms with Crippen LogP contribution in [0.4, 0.5) is 0 Å². The van der Waals surface area contributed by atoms with Gasteiger partial charge in [-0.3, -0.25) is 9.67 Å². The van der Waals surface area contributed by atoms with Crippen molar-refractivity contribution in [1.29, 1.82) is 0 Å². The first-order valence-corrected chi connectivity index (χ1v) is 6.63. The molecule has 1 aromatic heterocycles. The molecule has 0 amide bonds. The molecule has 2 N–H and O–H groups in total. The molecule has 0 fully saturated rings. The van der Waals surface area contributed by atoms with E-state index in [1.165, 1.54) is 5.69 Å². The number of hydrogen-bond acceptors (Lipinski definition) is 2. The number of nitrogens with zero attached hydrogens (tertiary/aromatic N) is 3. The Bertz CT molecular complexity index is 381. The lowest BCUT2D eigenvalue weighted by atomic mass is 10.4. The molecule has 0 aliphatic heterocycles. The fraction of sp³-hybridized carbons (Fsp3) is 0.692. The molecule has 0 aliphatic carbocycles. The molecule has 0 unspecified atom stereocenters. The van der Waals surface area contributed by atoms with Crippen LogP contribution >= 0.6 is 0 Å². The Balaban J connectivity index is 2.24. The van der Waals surface area contributed by atoms with Crippen molar-refractivity contribution in [1.82, 2.24) is 20.4 Å². The Morgan fingerprint density at radius 2 is 2.06 bits per heavy atom. The smallest absolute Gasteiger partial charge is 0.190 e. The van der Waals surface area contributed by atoms with Gasteiger partial charge in [0.05, 0.1) is 5.69 Å². The van der Waals surface area contributed by atoms with Crippen molar-refractivity contribution in [2.45, 2.75) is 40.2 Å². The van der Waals surface area contributed by atoms with Crippen LogP contribution in [0.15, 0.2) is 11.1 Å². The average molecular weight is 251 g/mol. The van der Waals surface area contributed by atoms with Crippen LogP contribution in [0.2, 0.25) is 0 Å². The largest absolute Gasteiger partial charge is 0.356 e. The number of aryl methyl sites for hydroxylation is 3. The summed E-state index contributed by atoms with van der Waals surface area (Å²) in [6.45, 7) is 9.06. The van der Waals surface area contributed by atoms with Gasteiger partial charge in [0, 0.05) is 32.4 Å². The van der Waals surface area contributed by atoms with Crippen molar-refractivity contribution < 1.29 is 0 Å². The molecule has 5 heteroatoms. The van der Waals surface area contributed by atoms with Gasteiger partial charge in [0.15, 0.2) is 5.96 Å². The summed E-state index contributed by atoms with van der Waals surface area (Å²) in [4.78, 5) is 4.16. The second kappa shape index (κ2) is 7.74. The van der Waals surface area contributed by atoms with Crippen LogP contribution in [0.1, 0.15) is 31.2 Å². The zero-order chi connectivity index (χ0) is 13.4. The zero-order valence-electron chi connectivity index (χ0n) is 12.0. The average Bonchev–Trinajstić information content (AvgIpc) is 2.67. The van der Waals surface area contributed by atoms with Crippen molar-refractivity contribution in [3.05, 3.63) is 17.5 Å². The molecular formula is C13H25N5. The summed E-state index contributed by atoms with van der Waals surface area (Å²) in [6.07, 6.45) is 2.14. The fourth-order valence-electron chi connectivity index (χ4n) is 1.80. The maximum Gasteiger partial charge on any atom is 0.190 e. The second-order valence-electron chi connectivity index (χ2n) is 4.43. The number of aromatic nitrogens is 2. The van der Waals surface area contributed by atoms with Gasteiger partial charge in [-0.25, -0.2) is 0 Å². The number of nitrogens with one attached hydrogen (secondary N) is 2.